The van der Waals surface area contributed by atoms with Crippen LogP contribution in [-0.4, -0.2) is 17.1 Å². The van der Waals surface area contributed by atoms with E-state index in [9.17, 15) is 0 Å². The van der Waals surface area contributed by atoms with E-state index < -0.39 is 5.60 Å². The Morgan fingerprint density at radius 1 is 1.44 bits per heavy atom. The molecule has 0 aliphatic carbocycles. The van der Waals surface area contributed by atoms with Gasteiger partial charge in [0.25, 0.3) is 0 Å². The lowest BCUT2D eigenvalue weighted by Gasteiger charge is -2.19. The van der Waals surface area contributed by atoms with Crippen molar-refractivity contribution in [3.05, 3.63) is 29.6 Å². The molecule has 0 bridgehead atoms. The van der Waals surface area contributed by atoms with E-state index in [1.807, 2.05) is 32.0 Å². The number of para-hydroxylation sites is 1. The van der Waals surface area contributed by atoms with Crippen LogP contribution in [0.3, 0.4) is 0 Å². The lowest BCUT2D eigenvalue weighted by Crippen LogP contribution is -2.21. The zero-order chi connectivity index (χ0) is 11.8. The first-order chi connectivity index (χ1) is 7.58. The van der Waals surface area contributed by atoms with Crippen LogP contribution in [0.1, 0.15) is 25.2 Å². The number of aromatic amines is 1. The summed E-state index contributed by atoms with van der Waals surface area (Å²) in [6.45, 7) is 4.45. The molecule has 0 saturated carbocycles. The summed E-state index contributed by atoms with van der Waals surface area (Å²) in [6, 6.07) is 5.97. The van der Waals surface area contributed by atoms with Gasteiger partial charge >= 0.3 is 0 Å². The van der Waals surface area contributed by atoms with E-state index in [-0.39, 0.29) is 0 Å². The molecular weight excluding hydrogens is 202 g/mol. The van der Waals surface area contributed by atoms with Crippen molar-refractivity contribution in [2.45, 2.75) is 26.0 Å². The van der Waals surface area contributed by atoms with E-state index in [2.05, 4.69) is 9.97 Å². The Hall–Kier alpha value is -1.39. The van der Waals surface area contributed by atoms with E-state index in [1.165, 1.54) is 0 Å². The quantitative estimate of drug-likeness (QED) is 0.828. The van der Waals surface area contributed by atoms with E-state index >= 15 is 0 Å². The topological polar surface area (TPSA) is 63.9 Å². The van der Waals surface area contributed by atoms with Crippen LogP contribution in [0.4, 0.5) is 0 Å². The van der Waals surface area contributed by atoms with Gasteiger partial charge in [-0.25, -0.2) is 4.98 Å². The normalized spacial score (nSPS) is 12.2. The Labute approximate surface area is 94.8 Å². The van der Waals surface area contributed by atoms with Crippen molar-refractivity contribution in [1.82, 2.24) is 9.97 Å². The van der Waals surface area contributed by atoms with Crippen LogP contribution in [0.15, 0.2) is 18.2 Å². The van der Waals surface area contributed by atoms with Crippen LogP contribution in [0.2, 0.25) is 0 Å². The first-order valence-electron chi connectivity index (χ1n) is 5.32. The minimum Gasteiger partial charge on any atom is -0.371 e. The zero-order valence-electron chi connectivity index (χ0n) is 9.87. The highest BCUT2D eigenvalue weighted by atomic mass is 16.5. The lowest BCUT2D eigenvalue weighted by atomic mass is 10.1. The van der Waals surface area contributed by atoms with Crippen LogP contribution in [0.25, 0.3) is 11.0 Å². The van der Waals surface area contributed by atoms with Gasteiger partial charge in [0.1, 0.15) is 11.4 Å². The molecule has 0 unspecified atom stereocenters. The van der Waals surface area contributed by atoms with E-state index in [1.54, 1.807) is 7.11 Å². The summed E-state index contributed by atoms with van der Waals surface area (Å²) in [5, 5.41) is 0. The van der Waals surface area contributed by atoms with Crippen molar-refractivity contribution >= 4 is 11.0 Å². The maximum absolute atomic E-state index is 5.68. The Bertz CT molecular complexity index is 502. The monoisotopic (exact) mass is 219 g/mol. The molecule has 0 aliphatic heterocycles. The van der Waals surface area contributed by atoms with Gasteiger partial charge in [0.15, 0.2) is 0 Å². The van der Waals surface area contributed by atoms with Crippen molar-refractivity contribution in [1.29, 1.82) is 0 Å². The number of ether oxygens (including phenoxy) is 1. The molecule has 1 aromatic carbocycles. The summed E-state index contributed by atoms with van der Waals surface area (Å²) in [6.07, 6.45) is 0. The number of fused-ring (bicyclic) bond motifs is 1. The predicted molar refractivity (Wildman–Crippen MR) is 64.0 cm³/mol. The standard InChI is InChI=1S/C12H17N3O/c1-12(2,16-3)11-14-9-6-4-5-8(7-13)10(9)15-11/h4-6H,7,13H2,1-3H3,(H,14,15). The summed E-state index contributed by atoms with van der Waals surface area (Å²) in [5.41, 5.74) is 8.26. The molecule has 2 rings (SSSR count). The van der Waals surface area contributed by atoms with Crippen LogP contribution >= 0.6 is 0 Å². The fourth-order valence-electron chi connectivity index (χ4n) is 1.64. The molecule has 4 nitrogen and oxygen atoms in total. The van der Waals surface area contributed by atoms with Gasteiger partial charge in [-0.05, 0) is 25.5 Å². The maximum atomic E-state index is 5.68. The summed E-state index contributed by atoms with van der Waals surface area (Å²) in [7, 11) is 1.68. The van der Waals surface area contributed by atoms with E-state index in [0.717, 1.165) is 22.4 Å². The van der Waals surface area contributed by atoms with Gasteiger partial charge in [-0.15, -0.1) is 0 Å². The number of nitrogens with zero attached hydrogens (tertiary/aromatic N) is 1. The average Bonchev–Trinajstić information content (AvgIpc) is 2.73. The molecule has 86 valence electrons. The molecule has 0 aliphatic rings. The molecule has 1 aromatic heterocycles. The maximum Gasteiger partial charge on any atom is 0.139 e. The molecule has 0 amide bonds. The summed E-state index contributed by atoms with van der Waals surface area (Å²) in [4.78, 5) is 7.84. The largest absolute Gasteiger partial charge is 0.371 e. The number of rotatable bonds is 3. The number of nitrogens with two attached hydrogens (primary N) is 1. The SMILES string of the molecule is COC(C)(C)c1nc2c(CN)cccc2[nH]1. The summed E-state index contributed by atoms with van der Waals surface area (Å²) >= 11 is 0. The molecule has 2 aromatic rings. The second-order valence-corrected chi connectivity index (χ2v) is 4.32. The van der Waals surface area contributed by atoms with Gasteiger partial charge < -0.3 is 15.5 Å². The number of hydrogen-bond acceptors (Lipinski definition) is 3. The Morgan fingerprint density at radius 2 is 2.19 bits per heavy atom. The number of hydrogen-bond donors (Lipinski definition) is 2. The van der Waals surface area contributed by atoms with Crippen molar-refractivity contribution in [2.75, 3.05) is 7.11 Å². The average molecular weight is 219 g/mol. The van der Waals surface area contributed by atoms with Gasteiger partial charge in [-0.3, -0.25) is 0 Å². The van der Waals surface area contributed by atoms with Gasteiger partial charge in [0.05, 0.1) is 11.0 Å². The fraction of sp³-hybridized carbons (Fsp3) is 0.417. The molecular formula is C12H17N3O. The third kappa shape index (κ3) is 1.70. The van der Waals surface area contributed by atoms with Crippen molar-refractivity contribution in [2.24, 2.45) is 5.73 Å². The smallest absolute Gasteiger partial charge is 0.139 e. The third-order valence-corrected chi connectivity index (χ3v) is 2.90. The van der Waals surface area contributed by atoms with E-state index in [0.29, 0.717) is 6.54 Å². The van der Waals surface area contributed by atoms with Crippen LogP contribution in [0.5, 0.6) is 0 Å². The number of benzene rings is 1. The van der Waals surface area contributed by atoms with Gasteiger partial charge in [0.2, 0.25) is 0 Å². The van der Waals surface area contributed by atoms with Crippen molar-refractivity contribution in [3.63, 3.8) is 0 Å². The highest BCUT2D eigenvalue weighted by Crippen LogP contribution is 2.25. The third-order valence-electron chi connectivity index (χ3n) is 2.90. The van der Waals surface area contributed by atoms with Crippen LogP contribution in [-0.2, 0) is 16.9 Å². The molecule has 16 heavy (non-hydrogen) atoms. The van der Waals surface area contributed by atoms with Crippen LogP contribution < -0.4 is 5.73 Å². The van der Waals surface area contributed by atoms with Gasteiger partial charge in [0, 0.05) is 13.7 Å². The molecule has 0 saturated heterocycles. The van der Waals surface area contributed by atoms with E-state index in [4.69, 9.17) is 10.5 Å². The highest BCUT2D eigenvalue weighted by molar-refractivity contribution is 5.78. The Morgan fingerprint density at radius 3 is 2.81 bits per heavy atom. The number of H-pyrrole nitrogens is 1. The number of aromatic nitrogens is 2. The predicted octanol–water partition coefficient (Wildman–Crippen LogP) is 1.90. The Kier molecular flexibility index (Phi) is 2.69. The number of methoxy groups -OCH3 is 1. The Balaban J connectivity index is 2.60. The highest BCUT2D eigenvalue weighted by Gasteiger charge is 2.23. The molecule has 3 N–H and O–H groups in total. The number of nitrogens with one attached hydrogen (secondary N) is 1. The van der Waals surface area contributed by atoms with Crippen molar-refractivity contribution < 1.29 is 4.74 Å². The second-order valence-electron chi connectivity index (χ2n) is 4.32. The first kappa shape index (κ1) is 11.1. The molecule has 0 fully saturated rings. The first-order valence-corrected chi connectivity index (χ1v) is 5.32. The van der Waals surface area contributed by atoms with Crippen LogP contribution in [0, 0.1) is 0 Å². The molecule has 0 radical (unpaired) electrons. The fourth-order valence-corrected chi connectivity index (χ4v) is 1.64. The molecule has 0 spiro atoms. The second kappa shape index (κ2) is 3.88. The number of imidazole rings is 1. The minimum absolute atomic E-state index is 0.412. The zero-order valence-corrected chi connectivity index (χ0v) is 9.87. The summed E-state index contributed by atoms with van der Waals surface area (Å²) in [5.74, 6) is 0.825. The van der Waals surface area contributed by atoms with Gasteiger partial charge in [-0.2, -0.15) is 0 Å². The summed E-state index contributed by atoms with van der Waals surface area (Å²) < 4.78 is 5.40. The van der Waals surface area contributed by atoms with Gasteiger partial charge in [-0.1, -0.05) is 12.1 Å². The molecule has 0 atom stereocenters. The molecule has 1 heterocycles. The minimum atomic E-state index is -0.412. The molecule has 4 heteroatoms. The lowest BCUT2D eigenvalue weighted by molar-refractivity contribution is 0.0124. The van der Waals surface area contributed by atoms with Crippen molar-refractivity contribution in [3.8, 4) is 0 Å².